The van der Waals surface area contributed by atoms with Gasteiger partial charge in [-0.3, -0.25) is 4.79 Å². The summed E-state index contributed by atoms with van der Waals surface area (Å²) in [4.78, 5) is 16.2. The Balaban J connectivity index is 1.55. The molecule has 0 saturated heterocycles. The zero-order chi connectivity index (χ0) is 24.7. The van der Waals surface area contributed by atoms with Gasteiger partial charge in [0.25, 0.3) is 0 Å². The highest BCUT2D eigenvalue weighted by atomic mass is 16.3. The molecule has 4 aromatic carbocycles. The lowest BCUT2D eigenvalue weighted by Crippen LogP contribution is -2.43. The van der Waals surface area contributed by atoms with Crippen LogP contribution < -0.4 is 4.90 Å². The minimum absolute atomic E-state index is 0.0860. The molecule has 1 aromatic heterocycles. The van der Waals surface area contributed by atoms with E-state index in [1.807, 2.05) is 84.6 Å². The van der Waals surface area contributed by atoms with Gasteiger partial charge in [-0.2, -0.15) is 0 Å². The molecule has 1 N–H and O–H groups in total. The highest BCUT2D eigenvalue weighted by Gasteiger charge is 2.53. The fourth-order valence-electron chi connectivity index (χ4n) is 5.60. The SMILES string of the molecule is Cc1ccc2c(c1)[C@@](CO)(c1cn(Cc3ccccc3)c3ccccc13)C(=O)N2Cc1ccccc1. The van der Waals surface area contributed by atoms with E-state index in [2.05, 4.69) is 41.1 Å². The van der Waals surface area contributed by atoms with Crippen LogP contribution in [-0.2, 0) is 23.3 Å². The van der Waals surface area contributed by atoms with Crippen molar-refractivity contribution in [2.24, 2.45) is 0 Å². The van der Waals surface area contributed by atoms with Crippen molar-refractivity contribution in [3.63, 3.8) is 0 Å². The zero-order valence-corrected chi connectivity index (χ0v) is 20.3. The Morgan fingerprint density at radius 2 is 1.39 bits per heavy atom. The second-order valence-corrected chi connectivity index (χ2v) is 9.63. The fourth-order valence-corrected chi connectivity index (χ4v) is 5.60. The molecular weight excluding hydrogens is 444 g/mol. The van der Waals surface area contributed by atoms with Crippen LogP contribution in [0.5, 0.6) is 0 Å². The second-order valence-electron chi connectivity index (χ2n) is 9.63. The lowest BCUT2D eigenvalue weighted by atomic mass is 9.75. The van der Waals surface area contributed by atoms with Gasteiger partial charge in [0.05, 0.1) is 13.2 Å². The van der Waals surface area contributed by atoms with Crippen LogP contribution in [0.15, 0.2) is 109 Å². The third kappa shape index (κ3) is 3.45. The Bertz CT molecular complexity index is 1560. The monoisotopic (exact) mass is 472 g/mol. The summed E-state index contributed by atoms with van der Waals surface area (Å²) in [6.45, 7) is 2.88. The molecule has 5 aromatic rings. The number of amides is 1. The summed E-state index contributed by atoms with van der Waals surface area (Å²) in [6, 6.07) is 34.6. The quantitative estimate of drug-likeness (QED) is 0.338. The smallest absolute Gasteiger partial charge is 0.244 e. The van der Waals surface area contributed by atoms with Crippen molar-refractivity contribution in [1.29, 1.82) is 0 Å². The molecule has 0 saturated carbocycles. The molecule has 0 bridgehead atoms. The van der Waals surface area contributed by atoms with E-state index < -0.39 is 5.41 Å². The second kappa shape index (κ2) is 8.81. The summed E-state index contributed by atoms with van der Waals surface area (Å²) in [5.74, 6) is -0.0860. The number of para-hydroxylation sites is 1. The number of aliphatic hydroxyl groups is 1. The Hall–Kier alpha value is -4.15. The van der Waals surface area contributed by atoms with Crippen molar-refractivity contribution in [2.45, 2.75) is 25.4 Å². The van der Waals surface area contributed by atoms with E-state index in [1.54, 1.807) is 0 Å². The maximum absolute atomic E-state index is 14.4. The predicted octanol–water partition coefficient (Wildman–Crippen LogP) is 5.82. The molecule has 4 nitrogen and oxygen atoms in total. The fraction of sp³-hybridized carbons (Fsp3) is 0.156. The van der Waals surface area contributed by atoms with Crippen LogP contribution in [0.1, 0.15) is 27.8 Å². The zero-order valence-electron chi connectivity index (χ0n) is 20.3. The number of nitrogens with zero attached hydrogens (tertiary/aromatic N) is 2. The van der Waals surface area contributed by atoms with Crippen molar-refractivity contribution in [1.82, 2.24) is 4.57 Å². The van der Waals surface area contributed by atoms with E-state index in [9.17, 15) is 9.90 Å². The molecular formula is C32H28N2O2. The number of benzene rings is 4. The number of aliphatic hydroxyl groups excluding tert-OH is 1. The van der Waals surface area contributed by atoms with E-state index in [4.69, 9.17) is 0 Å². The van der Waals surface area contributed by atoms with E-state index in [1.165, 1.54) is 5.56 Å². The van der Waals surface area contributed by atoms with E-state index >= 15 is 0 Å². The van der Waals surface area contributed by atoms with Crippen molar-refractivity contribution < 1.29 is 9.90 Å². The predicted molar refractivity (Wildman–Crippen MR) is 144 cm³/mol. The van der Waals surface area contributed by atoms with Crippen molar-refractivity contribution in [3.8, 4) is 0 Å². The van der Waals surface area contributed by atoms with Crippen LogP contribution in [0.4, 0.5) is 5.69 Å². The van der Waals surface area contributed by atoms with Crippen LogP contribution in [-0.4, -0.2) is 22.2 Å². The number of rotatable bonds is 6. The Kier molecular flexibility index (Phi) is 5.46. The number of carbonyl (C=O) groups excluding carboxylic acids is 1. The van der Waals surface area contributed by atoms with Gasteiger partial charge < -0.3 is 14.6 Å². The van der Waals surface area contributed by atoms with Crippen molar-refractivity contribution >= 4 is 22.5 Å². The van der Waals surface area contributed by atoms with Gasteiger partial charge in [-0.1, -0.05) is 96.6 Å². The van der Waals surface area contributed by atoms with E-state index in [0.717, 1.165) is 38.8 Å². The highest BCUT2D eigenvalue weighted by molar-refractivity contribution is 6.12. The Morgan fingerprint density at radius 1 is 0.750 bits per heavy atom. The van der Waals surface area contributed by atoms with E-state index in [-0.39, 0.29) is 12.5 Å². The number of hydrogen-bond acceptors (Lipinski definition) is 2. The normalized spacial score (nSPS) is 17.1. The molecule has 0 radical (unpaired) electrons. The van der Waals surface area contributed by atoms with Crippen LogP contribution in [0.25, 0.3) is 10.9 Å². The summed E-state index contributed by atoms with van der Waals surface area (Å²) < 4.78 is 2.19. The average molecular weight is 473 g/mol. The lowest BCUT2D eigenvalue weighted by Gasteiger charge is -2.27. The molecule has 1 atom stereocenters. The molecule has 6 rings (SSSR count). The van der Waals surface area contributed by atoms with Crippen LogP contribution >= 0.6 is 0 Å². The molecule has 1 aliphatic heterocycles. The molecule has 0 spiro atoms. The summed E-state index contributed by atoms with van der Waals surface area (Å²) in [7, 11) is 0. The van der Waals surface area contributed by atoms with Gasteiger partial charge in [0, 0.05) is 29.3 Å². The van der Waals surface area contributed by atoms with Crippen LogP contribution in [0, 0.1) is 6.92 Å². The third-order valence-corrected chi connectivity index (χ3v) is 7.38. The number of fused-ring (bicyclic) bond motifs is 2. The molecule has 0 fully saturated rings. The van der Waals surface area contributed by atoms with Gasteiger partial charge >= 0.3 is 0 Å². The van der Waals surface area contributed by atoms with Crippen LogP contribution in [0.2, 0.25) is 0 Å². The first-order chi connectivity index (χ1) is 17.6. The van der Waals surface area contributed by atoms with Crippen molar-refractivity contribution in [2.75, 3.05) is 11.5 Å². The highest BCUT2D eigenvalue weighted by Crippen LogP contribution is 2.49. The number of carbonyl (C=O) groups is 1. The molecule has 178 valence electrons. The molecule has 36 heavy (non-hydrogen) atoms. The lowest BCUT2D eigenvalue weighted by molar-refractivity contribution is -0.123. The molecule has 0 unspecified atom stereocenters. The van der Waals surface area contributed by atoms with Gasteiger partial charge in [0.15, 0.2) is 0 Å². The topological polar surface area (TPSA) is 45.5 Å². The minimum Gasteiger partial charge on any atom is -0.395 e. The van der Waals surface area contributed by atoms with Gasteiger partial charge in [0.2, 0.25) is 5.91 Å². The average Bonchev–Trinajstić information content (AvgIpc) is 3.38. The maximum Gasteiger partial charge on any atom is 0.244 e. The van der Waals surface area contributed by atoms with Gasteiger partial charge in [-0.15, -0.1) is 0 Å². The standard InChI is InChI=1S/C32H28N2O2/c1-23-16-17-30-27(18-23)32(22-35,31(36)34(30)20-25-12-6-3-7-13-25)28-21-33(19-24-10-4-2-5-11-24)29-15-9-8-14-26(28)29/h2-18,21,35H,19-20,22H2,1H3/t32-/m0/s1. The molecule has 4 heteroatoms. The molecule has 1 aliphatic rings. The largest absolute Gasteiger partial charge is 0.395 e. The maximum atomic E-state index is 14.4. The Morgan fingerprint density at radius 3 is 2.08 bits per heavy atom. The van der Waals surface area contributed by atoms with Gasteiger partial charge in [0.1, 0.15) is 5.41 Å². The van der Waals surface area contributed by atoms with Crippen LogP contribution in [0.3, 0.4) is 0 Å². The minimum atomic E-state index is -1.17. The molecule has 2 heterocycles. The van der Waals surface area contributed by atoms with Crippen molar-refractivity contribution in [3.05, 3.63) is 137 Å². The summed E-state index contributed by atoms with van der Waals surface area (Å²) in [6.07, 6.45) is 2.07. The first-order valence-electron chi connectivity index (χ1n) is 12.3. The number of aryl methyl sites for hydroxylation is 1. The van der Waals surface area contributed by atoms with E-state index in [0.29, 0.717) is 13.1 Å². The molecule has 1 amide bonds. The first kappa shape index (κ1) is 22.3. The summed E-state index contributed by atoms with van der Waals surface area (Å²) in [5, 5.41) is 12.1. The van der Waals surface area contributed by atoms with Gasteiger partial charge in [-0.25, -0.2) is 0 Å². The Labute approximate surface area is 211 Å². The number of aromatic nitrogens is 1. The molecule has 0 aliphatic carbocycles. The first-order valence-corrected chi connectivity index (χ1v) is 12.3. The summed E-state index contributed by atoms with van der Waals surface area (Å²) in [5.41, 5.74) is 5.76. The number of anilines is 1. The van der Waals surface area contributed by atoms with Gasteiger partial charge in [-0.05, 0) is 41.3 Å². The number of hydrogen-bond donors (Lipinski definition) is 1. The summed E-state index contributed by atoms with van der Waals surface area (Å²) >= 11 is 0. The third-order valence-electron chi connectivity index (χ3n) is 7.38.